The second-order valence-corrected chi connectivity index (χ2v) is 6.18. The summed E-state index contributed by atoms with van der Waals surface area (Å²) in [5, 5.41) is 16.7. The number of carboxylic acids is 1. The first-order valence-corrected chi connectivity index (χ1v) is 7.41. The van der Waals surface area contributed by atoms with Crippen LogP contribution in [0.1, 0.15) is 36.0 Å². The van der Waals surface area contributed by atoms with Gasteiger partial charge < -0.3 is 10.4 Å². The monoisotopic (exact) mass is 280 g/mol. The molecule has 0 radical (unpaired) electrons. The Morgan fingerprint density at radius 2 is 1.89 bits per heavy atom. The van der Waals surface area contributed by atoms with Crippen molar-refractivity contribution < 1.29 is 14.7 Å². The molecule has 2 saturated carbocycles. The largest absolute Gasteiger partial charge is 0.478 e. The van der Waals surface area contributed by atoms with Crippen molar-refractivity contribution in [1.29, 1.82) is 0 Å². The number of carbonyl (C=O) groups excluding carboxylic acids is 1. The van der Waals surface area contributed by atoms with Gasteiger partial charge >= 0.3 is 12.0 Å². The average molecular weight is 280 g/mol. The van der Waals surface area contributed by atoms with Crippen LogP contribution in [0.4, 0.5) is 9.80 Å². The second kappa shape index (κ2) is 4.85. The number of nitrogens with one attached hydrogen (secondary N) is 2. The second-order valence-electron chi connectivity index (χ2n) is 5.27. The van der Waals surface area contributed by atoms with Crippen LogP contribution in [0.3, 0.4) is 0 Å². The number of carbonyl (C=O) groups is 2. The standard InChI is InChI=1S/C13H16N2O3S/c16-12(17)9-5-6-19-11(9)15-13(18)14-10(7-1-2-7)8-3-4-8/h5-8,10H,1-4H2,(H,16,17)(H2,14,15,18). The first-order valence-electron chi connectivity index (χ1n) is 6.53. The van der Waals surface area contributed by atoms with Crippen LogP contribution in [0.2, 0.25) is 0 Å². The third-order valence-electron chi connectivity index (χ3n) is 3.68. The van der Waals surface area contributed by atoms with E-state index in [9.17, 15) is 9.59 Å². The number of rotatable bonds is 5. The molecule has 0 unspecified atom stereocenters. The maximum Gasteiger partial charge on any atom is 0.338 e. The quantitative estimate of drug-likeness (QED) is 0.776. The van der Waals surface area contributed by atoms with E-state index < -0.39 is 5.97 Å². The summed E-state index contributed by atoms with van der Waals surface area (Å²) in [7, 11) is 0. The molecule has 1 aromatic heterocycles. The molecule has 0 saturated heterocycles. The summed E-state index contributed by atoms with van der Waals surface area (Å²) in [6, 6.07) is 1.49. The number of thiophene rings is 1. The van der Waals surface area contributed by atoms with Crippen LogP contribution >= 0.6 is 11.3 Å². The summed E-state index contributed by atoms with van der Waals surface area (Å²) >= 11 is 1.23. The lowest BCUT2D eigenvalue weighted by Gasteiger charge is -2.17. The Hall–Kier alpha value is -1.56. The number of urea groups is 1. The summed E-state index contributed by atoms with van der Waals surface area (Å²) < 4.78 is 0. The summed E-state index contributed by atoms with van der Waals surface area (Å²) in [6.45, 7) is 0. The fraction of sp³-hybridized carbons (Fsp3) is 0.538. The van der Waals surface area contributed by atoms with Gasteiger partial charge in [0, 0.05) is 6.04 Å². The van der Waals surface area contributed by atoms with Gasteiger partial charge in [0.2, 0.25) is 0 Å². The number of hydrogen-bond donors (Lipinski definition) is 3. The van der Waals surface area contributed by atoms with Crippen molar-refractivity contribution in [2.24, 2.45) is 11.8 Å². The maximum atomic E-state index is 12.0. The lowest BCUT2D eigenvalue weighted by atomic mass is 10.1. The normalized spacial score (nSPS) is 18.4. The van der Waals surface area contributed by atoms with Gasteiger partial charge in [-0.2, -0.15) is 0 Å². The molecule has 0 spiro atoms. The molecule has 3 N–H and O–H groups in total. The van der Waals surface area contributed by atoms with Crippen LogP contribution in [0.25, 0.3) is 0 Å². The third kappa shape index (κ3) is 2.89. The van der Waals surface area contributed by atoms with Crippen LogP contribution in [0.5, 0.6) is 0 Å². The number of carboxylic acid groups (broad SMARTS) is 1. The van der Waals surface area contributed by atoms with Gasteiger partial charge in [0.1, 0.15) is 5.00 Å². The predicted octanol–water partition coefficient (Wildman–Crippen LogP) is 2.76. The maximum absolute atomic E-state index is 12.0. The van der Waals surface area contributed by atoms with Gasteiger partial charge in [-0.25, -0.2) is 9.59 Å². The van der Waals surface area contributed by atoms with Crippen LogP contribution in [-0.4, -0.2) is 23.1 Å². The van der Waals surface area contributed by atoms with E-state index in [2.05, 4.69) is 10.6 Å². The minimum Gasteiger partial charge on any atom is -0.478 e. The Bertz CT molecular complexity index is 494. The fourth-order valence-electron chi connectivity index (χ4n) is 2.40. The Morgan fingerprint density at radius 1 is 1.26 bits per heavy atom. The minimum atomic E-state index is -1.02. The van der Waals surface area contributed by atoms with E-state index in [1.165, 1.54) is 43.1 Å². The van der Waals surface area contributed by atoms with Crippen LogP contribution in [0.15, 0.2) is 11.4 Å². The molecule has 19 heavy (non-hydrogen) atoms. The van der Waals surface area contributed by atoms with Gasteiger partial charge in [0.15, 0.2) is 0 Å². The van der Waals surface area contributed by atoms with Crippen molar-refractivity contribution in [2.75, 3.05) is 5.32 Å². The van der Waals surface area contributed by atoms with E-state index >= 15 is 0 Å². The summed E-state index contributed by atoms with van der Waals surface area (Å²) in [5.74, 6) is 0.235. The number of hydrogen-bond acceptors (Lipinski definition) is 3. The summed E-state index contributed by atoms with van der Waals surface area (Å²) in [6.07, 6.45) is 4.78. The Balaban J connectivity index is 1.61. The highest BCUT2D eigenvalue weighted by Gasteiger charge is 2.42. The first kappa shape index (κ1) is 12.5. The van der Waals surface area contributed by atoms with Crippen LogP contribution in [0, 0.1) is 11.8 Å². The van der Waals surface area contributed by atoms with E-state index in [1.54, 1.807) is 5.38 Å². The van der Waals surface area contributed by atoms with Crippen molar-refractivity contribution in [1.82, 2.24) is 5.32 Å². The van der Waals surface area contributed by atoms with E-state index in [4.69, 9.17) is 5.11 Å². The molecule has 0 aliphatic heterocycles. The lowest BCUT2D eigenvalue weighted by Crippen LogP contribution is -2.40. The minimum absolute atomic E-state index is 0.148. The molecule has 5 nitrogen and oxygen atoms in total. The fourth-order valence-corrected chi connectivity index (χ4v) is 3.17. The molecular formula is C13H16N2O3S. The van der Waals surface area contributed by atoms with Gasteiger partial charge in [-0.1, -0.05) is 0 Å². The van der Waals surface area contributed by atoms with Crippen molar-refractivity contribution in [3.63, 3.8) is 0 Å². The lowest BCUT2D eigenvalue weighted by molar-refractivity contribution is 0.0698. The van der Waals surface area contributed by atoms with Gasteiger partial charge in [-0.3, -0.25) is 5.32 Å². The molecule has 2 amide bonds. The van der Waals surface area contributed by atoms with Crippen LogP contribution < -0.4 is 10.6 Å². The van der Waals surface area contributed by atoms with Crippen molar-refractivity contribution in [3.8, 4) is 0 Å². The Kier molecular flexibility index (Phi) is 3.18. The highest BCUT2D eigenvalue weighted by atomic mass is 32.1. The predicted molar refractivity (Wildman–Crippen MR) is 72.7 cm³/mol. The molecule has 102 valence electrons. The molecule has 6 heteroatoms. The van der Waals surface area contributed by atoms with Crippen molar-refractivity contribution in [3.05, 3.63) is 17.0 Å². The zero-order valence-corrected chi connectivity index (χ0v) is 11.2. The molecule has 0 aromatic carbocycles. The molecule has 0 atom stereocenters. The van der Waals surface area contributed by atoms with Gasteiger partial charge in [-0.05, 0) is 49.0 Å². The highest BCUT2D eigenvalue weighted by Crippen LogP contribution is 2.44. The van der Waals surface area contributed by atoms with Crippen molar-refractivity contribution >= 4 is 28.3 Å². The van der Waals surface area contributed by atoms with E-state index in [1.807, 2.05) is 0 Å². The van der Waals surface area contributed by atoms with E-state index in [-0.39, 0.29) is 17.6 Å². The summed E-state index contributed by atoms with van der Waals surface area (Å²) in [5.41, 5.74) is 0.148. The Morgan fingerprint density at radius 3 is 2.42 bits per heavy atom. The van der Waals surface area contributed by atoms with Gasteiger partial charge in [-0.15, -0.1) is 11.3 Å². The molecule has 2 aliphatic carbocycles. The van der Waals surface area contributed by atoms with Crippen molar-refractivity contribution in [2.45, 2.75) is 31.7 Å². The topological polar surface area (TPSA) is 78.4 Å². The smallest absolute Gasteiger partial charge is 0.338 e. The molecule has 2 aliphatic rings. The third-order valence-corrected chi connectivity index (χ3v) is 4.51. The summed E-state index contributed by atoms with van der Waals surface area (Å²) in [4.78, 5) is 22.9. The molecular weight excluding hydrogens is 264 g/mol. The molecule has 2 fully saturated rings. The van der Waals surface area contributed by atoms with E-state index in [0.29, 0.717) is 16.8 Å². The highest BCUT2D eigenvalue weighted by molar-refractivity contribution is 7.14. The number of amides is 2. The van der Waals surface area contributed by atoms with E-state index in [0.717, 1.165) is 0 Å². The van der Waals surface area contributed by atoms with Gasteiger partial charge in [0.05, 0.1) is 5.56 Å². The molecule has 1 aromatic rings. The molecule has 1 heterocycles. The molecule has 0 bridgehead atoms. The first-order chi connectivity index (χ1) is 9.15. The Labute approximate surface area is 115 Å². The number of aromatic carboxylic acids is 1. The van der Waals surface area contributed by atoms with Crippen LogP contribution in [-0.2, 0) is 0 Å². The zero-order chi connectivity index (χ0) is 13.4. The number of anilines is 1. The molecule has 3 rings (SSSR count). The average Bonchev–Trinajstić information content (AvgIpc) is 3.26. The zero-order valence-electron chi connectivity index (χ0n) is 10.4. The SMILES string of the molecule is O=C(Nc1sccc1C(=O)O)NC(C1CC1)C1CC1. The van der Waals surface area contributed by atoms with Gasteiger partial charge in [0.25, 0.3) is 0 Å².